The van der Waals surface area contributed by atoms with E-state index in [0.29, 0.717) is 5.30 Å². The third kappa shape index (κ3) is 3.63. The summed E-state index contributed by atoms with van der Waals surface area (Å²) in [4.78, 5) is 46.3. The Balaban J connectivity index is 2.61. The molecule has 0 fully saturated rings. The predicted molar refractivity (Wildman–Crippen MR) is 113 cm³/mol. The lowest BCUT2D eigenvalue weighted by Gasteiger charge is -2.21. The Morgan fingerprint density at radius 3 is 1.90 bits per heavy atom. The lowest BCUT2D eigenvalue weighted by molar-refractivity contribution is 0.561. The monoisotopic (exact) mass is 396 g/mol. The predicted octanol–water partition coefficient (Wildman–Crippen LogP) is -1.90. The molecule has 4 nitrogen and oxygen atoms in total. The van der Waals surface area contributed by atoms with Crippen molar-refractivity contribution in [3.05, 3.63) is 93.7 Å². The van der Waals surface area contributed by atoms with Crippen LogP contribution in [-0.2, 0) is 19.2 Å². The molecule has 0 bridgehead atoms. The van der Waals surface area contributed by atoms with E-state index >= 15 is 0 Å². The van der Waals surface area contributed by atoms with E-state index in [9.17, 15) is 19.2 Å². The largest absolute Gasteiger partial charge is 0.233 e. The third-order valence-corrected chi connectivity index (χ3v) is 6.91. The van der Waals surface area contributed by atoms with Crippen molar-refractivity contribution in [2.75, 3.05) is 0 Å². The highest BCUT2D eigenvalue weighted by Crippen LogP contribution is 2.32. The zero-order valence-corrected chi connectivity index (χ0v) is 16.0. The molecule has 0 heterocycles. The van der Waals surface area contributed by atoms with E-state index in [-0.39, 0.29) is 20.9 Å². The van der Waals surface area contributed by atoms with Gasteiger partial charge < -0.3 is 0 Å². The van der Waals surface area contributed by atoms with Crippen LogP contribution in [0, 0.1) is 0 Å². The lowest BCUT2D eigenvalue weighted by atomic mass is 10.2. The lowest BCUT2D eigenvalue weighted by Crippen LogP contribution is -2.57. The summed E-state index contributed by atoms with van der Waals surface area (Å²) < 4.78 is 0. The van der Waals surface area contributed by atoms with Gasteiger partial charge in [0.15, 0.2) is 0 Å². The normalized spacial score (nSPS) is 10.8. The summed E-state index contributed by atoms with van der Waals surface area (Å²) in [6, 6.07) is 18.3. The highest BCUT2D eigenvalue weighted by atomic mass is 31.1. The van der Waals surface area contributed by atoms with Gasteiger partial charge >= 0.3 is 0 Å². The second-order valence-corrected chi connectivity index (χ2v) is 8.06. The Labute approximate surface area is 166 Å². The van der Waals surface area contributed by atoms with Gasteiger partial charge in [0, 0.05) is 5.30 Å². The first-order valence-electron chi connectivity index (χ1n) is 8.50. The Bertz CT molecular complexity index is 1440. The highest BCUT2D eigenvalue weighted by Gasteiger charge is 2.21. The van der Waals surface area contributed by atoms with Gasteiger partial charge in [0.05, 0.1) is 20.9 Å². The number of carbonyl (C=O) groups excluding carboxylic acids is 4. The molecule has 3 aromatic carbocycles. The van der Waals surface area contributed by atoms with Crippen LogP contribution in [0.25, 0.3) is 6.08 Å². The van der Waals surface area contributed by atoms with Gasteiger partial charge in [-0.2, -0.15) is 0 Å². The van der Waals surface area contributed by atoms with E-state index in [1.165, 1.54) is 6.07 Å². The van der Waals surface area contributed by atoms with Gasteiger partial charge in [-0.1, -0.05) is 67.3 Å². The fraction of sp³-hybridized carbons (Fsp3) is 0. The van der Waals surface area contributed by atoms with Gasteiger partial charge in [-0.3, -0.25) is 0 Å². The van der Waals surface area contributed by atoms with Crippen molar-refractivity contribution in [1.82, 2.24) is 0 Å². The summed E-state index contributed by atoms with van der Waals surface area (Å²) in [6.45, 7) is 3.86. The molecule has 0 radical (unpaired) electrons. The van der Waals surface area contributed by atoms with Crippen LogP contribution in [0.1, 0.15) is 5.56 Å². The van der Waals surface area contributed by atoms with Crippen LogP contribution < -0.4 is 36.8 Å². The summed E-state index contributed by atoms with van der Waals surface area (Å²) in [5.41, 5.74) is 0.846. The standard InChI is InChI=1S/C24H13O4P/c1-2-17-8-6-7-11-23(17)29(19-9-4-3-5-10-19)24-12-18(13-25)20(14-26)21(15-27)22(24)16-28/h2-12H,1H2. The van der Waals surface area contributed by atoms with Gasteiger partial charge in [0.2, 0.25) is 0 Å². The first kappa shape index (κ1) is 19.9. The van der Waals surface area contributed by atoms with Gasteiger partial charge in [0.1, 0.15) is 23.8 Å². The van der Waals surface area contributed by atoms with Crippen LogP contribution >= 0.6 is 7.92 Å². The van der Waals surface area contributed by atoms with E-state index in [1.54, 1.807) is 29.8 Å². The fourth-order valence-corrected chi connectivity index (χ4v) is 5.67. The molecule has 29 heavy (non-hydrogen) atoms. The minimum atomic E-state index is -1.38. The molecule has 0 saturated heterocycles. The van der Waals surface area contributed by atoms with Crippen LogP contribution in [0.15, 0.2) is 67.2 Å². The van der Waals surface area contributed by atoms with Crippen molar-refractivity contribution in [2.45, 2.75) is 0 Å². The molecular formula is C24H13O4P. The molecule has 3 aromatic rings. The number of hydrogen-bond donors (Lipinski definition) is 0. The quantitative estimate of drug-likeness (QED) is 0.484. The maximum absolute atomic E-state index is 11.9. The van der Waals surface area contributed by atoms with E-state index < -0.39 is 7.92 Å². The zero-order chi connectivity index (χ0) is 20.8. The third-order valence-electron chi connectivity index (χ3n) is 4.38. The molecule has 0 aliphatic heterocycles. The van der Waals surface area contributed by atoms with Crippen LogP contribution in [-0.4, -0.2) is 23.8 Å². The number of rotatable bonds is 4. The summed E-state index contributed by atoms with van der Waals surface area (Å²) in [5, 5.41) is 1.24. The van der Waals surface area contributed by atoms with Gasteiger partial charge in [-0.25, -0.2) is 19.2 Å². The molecule has 0 aliphatic rings. The summed E-state index contributed by atoms with van der Waals surface area (Å²) in [7, 11) is -1.38. The van der Waals surface area contributed by atoms with E-state index in [0.717, 1.165) is 16.2 Å². The Kier molecular flexibility index (Phi) is 6.10. The van der Waals surface area contributed by atoms with Gasteiger partial charge in [-0.15, -0.1) is 0 Å². The smallest absolute Gasteiger partial charge is 0.135 e. The molecule has 0 saturated carbocycles. The molecule has 5 heteroatoms. The van der Waals surface area contributed by atoms with Crippen molar-refractivity contribution in [3.63, 3.8) is 0 Å². The molecule has 0 N–H and O–H groups in total. The summed E-state index contributed by atoms with van der Waals surface area (Å²) >= 11 is 0. The molecule has 138 valence electrons. The Morgan fingerprint density at radius 2 is 1.31 bits per heavy atom. The maximum atomic E-state index is 11.9. The molecule has 0 aromatic heterocycles. The Hall–Kier alpha value is -3.85. The molecular weight excluding hydrogens is 383 g/mol. The fourth-order valence-electron chi connectivity index (χ4n) is 3.09. The first-order chi connectivity index (χ1) is 14.2. The second-order valence-electron chi connectivity index (χ2n) is 5.91. The maximum Gasteiger partial charge on any atom is 0.135 e. The van der Waals surface area contributed by atoms with Crippen LogP contribution in [0.2, 0.25) is 0 Å². The second kappa shape index (κ2) is 8.89. The minimum Gasteiger partial charge on any atom is -0.233 e. The Morgan fingerprint density at radius 1 is 0.690 bits per heavy atom. The first-order valence-corrected chi connectivity index (χ1v) is 9.84. The topological polar surface area (TPSA) is 68.3 Å². The highest BCUT2D eigenvalue weighted by molar-refractivity contribution is 7.80. The molecule has 0 aliphatic carbocycles. The van der Waals surface area contributed by atoms with Crippen molar-refractivity contribution in [2.24, 2.45) is 0 Å². The average molecular weight is 396 g/mol. The molecule has 0 spiro atoms. The summed E-state index contributed by atoms with van der Waals surface area (Å²) in [5.74, 6) is 6.59. The van der Waals surface area contributed by atoms with Crippen LogP contribution in [0.5, 0.6) is 0 Å². The molecule has 1 atom stereocenters. The zero-order valence-electron chi connectivity index (χ0n) is 15.1. The van der Waals surface area contributed by atoms with Crippen molar-refractivity contribution < 1.29 is 19.2 Å². The van der Waals surface area contributed by atoms with Crippen LogP contribution in [0.4, 0.5) is 0 Å². The van der Waals surface area contributed by atoms with E-state index in [2.05, 4.69) is 6.58 Å². The van der Waals surface area contributed by atoms with Crippen molar-refractivity contribution in [3.8, 4) is 0 Å². The molecule has 0 amide bonds. The van der Waals surface area contributed by atoms with E-state index in [1.807, 2.05) is 54.6 Å². The average Bonchev–Trinajstić information content (AvgIpc) is 2.79. The molecule has 1 unspecified atom stereocenters. The van der Waals surface area contributed by atoms with Gasteiger partial charge in [0.25, 0.3) is 0 Å². The van der Waals surface area contributed by atoms with E-state index in [4.69, 9.17) is 0 Å². The SMILES string of the molecule is C=Cc1ccccc1P(c1ccccc1)c1cc(=C=O)c(=C=O)c(=C=O)c1=C=O. The van der Waals surface area contributed by atoms with Crippen molar-refractivity contribution in [1.29, 1.82) is 0 Å². The van der Waals surface area contributed by atoms with Crippen LogP contribution in [0.3, 0.4) is 0 Å². The minimum absolute atomic E-state index is 0.105. The number of hydrogen-bond acceptors (Lipinski definition) is 4. The summed E-state index contributed by atoms with van der Waals surface area (Å²) in [6.07, 6.45) is 1.70. The van der Waals surface area contributed by atoms with Crippen molar-refractivity contribution >= 4 is 53.7 Å². The van der Waals surface area contributed by atoms with Gasteiger partial charge in [-0.05, 0) is 30.2 Å². The number of benzene rings is 3. The molecule has 3 rings (SSSR count).